The first-order valence-electron chi connectivity index (χ1n) is 17.6. The van der Waals surface area contributed by atoms with Gasteiger partial charge in [-0.15, -0.1) is 0 Å². The molecule has 0 unspecified atom stereocenters. The molecule has 0 aliphatic rings. The maximum Gasteiger partial charge on any atom is 0.0916 e. The Bertz CT molecular complexity index is 1650. The summed E-state index contributed by atoms with van der Waals surface area (Å²) in [5.41, 5.74) is 0. The molecule has 6 rings (SSSR count). The molecule has 0 aromatic heterocycles. The van der Waals surface area contributed by atoms with E-state index in [1.54, 1.807) is 0 Å². The average molecular weight is 781 g/mol. The summed E-state index contributed by atoms with van der Waals surface area (Å²) in [6.45, 7) is 2.73. The topological polar surface area (TPSA) is 57.2 Å². The van der Waals surface area contributed by atoms with Crippen LogP contribution < -0.4 is 31.8 Å². The van der Waals surface area contributed by atoms with Crippen molar-refractivity contribution in [2.45, 2.75) is 0 Å². The normalized spacial score (nSPS) is 11.7. The first-order chi connectivity index (χ1) is 25.2. The summed E-state index contributed by atoms with van der Waals surface area (Å²) in [5, 5.41) is 9.04. The molecule has 8 heteroatoms. The largest absolute Gasteiger partial charge is 0.748 e. The van der Waals surface area contributed by atoms with Gasteiger partial charge in [-0.05, 0) is 55.6 Å². The van der Waals surface area contributed by atoms with Gasteiger partial charge < -0.3 is 4.55 Å². The Morgan fingerprint density at radius 3 is 0.712 bits per heavy atom. The van der Waals surface area contributed by atoms with E-state index < -0.39 is 41.1 Å². The zero-order valence-corrected chi connectivity index (χ0v) is 34.4. The molecule has 52 heavy (non-hydrogen) atoms. The highest BCUT2D eigenvalue weighted by molar-refractivity contribution is 7.85. The zero-order chi connectivity index (χ0) is 36.7. The van der Waals surface area contributed by atoms with Crippen molar-refractivity contribution in [1.82, 2.24) is 0 Å². The van der Waals surface area contributed by atoms with Crippen LogP contribution in [0.1, 0.15) is 0 Å². The van der Waals surface area contributed by atoms with Crippen LogP contribution in [0.5, 0.6) is 0 Å². The summed E-state index contributed by atoms with van der Waals surface area (Å²) in [5.74, 6) is 0. The van der Waals surface area contributed by atoms with Crippen LogP contribution in [0.25, 0.3) is 0 Å². The molecule has 6 aromatic carbocycles. The van der Waals surface area contributed by atoms with Crippen LogP contribution in [0.4, 0.5) is 0 Å². The standard InChI is InChI=1S/C43H45P4.CH4O3S/c1-47(35-32-44(38-20-8-2-9-21-38)39-22-10-3-11-23-39,36-33-45(40-24-12-4-13-25-40)41-26-14-5-15-27-41)37-34-46(42-28-16-6-17-29-42)43-30-18-7-19-31-43;1-5(2,3)4/h2-31H,32-37H2,1H3;1H3,(H,2,3,4)/q+1;/p-1. The summed E-state index contributed by atoms with van der Waals surface area (Å²) >= 11 is 0. The molecule has 0 saturated heterocycles. The van der Waals surface area contributed by atoms with Crippen molar-refractivity contribution in [2.75, 3.05) is 49.9 Å². The second kappa shape index (κ2) is 20.4. The first-order valence-corrected chi connectivity index (χ1v) is 26.7. The molecular weight excluding hydrogens is 732 g/mol. The van der Waals surface area contributed by atoms with E-state index in [-0.39, 0.29) is 0 Å². The van der Waals surface area contributed by atoms with Gasteiger partial charge in [0, 0.05) is 38.7 Å². The van der Waals surface area contributed by atoms with Gasteiger partial charge in [0.2, 0.25) is 0 Å². The molecule has 0 aliphatic heterocycles. The highest BCUT2D eigenvalue weighted by Gasteiger charge is 2.35. The van der Waals surface area contributed by atoms with Gasteiger partial charge in [-0.1, -0.05) is 182 Å². The molecule has 0 atom stereocenters. The van der Waals surface area contributed by atoms with Gasteiger partial charge in [0.05, 0.1) is 28.6 Å². The van der Waals surface area contributed by atoms with Gasteiger partial charge in [-0.3, -0.25) is 0 Å². The summed E-state index contributed by atoms with van der Waals surface area (Å²) < 4.78 is 27.2. The van der Waals surface area contributed by atoms with Crippen LogP contribution in [-0.4, -0.2) is 62.9 Å². The molecule has 3 nitrogen and oxygen atoms in total. The van der Waals surface area contributed by atoms with Gasteiger partial charge in [-0.25, -0.2) is 8.42 Å². The Kier molecular flexibility index (Phi) is 15.8. The molecule has 0 saturated carbocycles. The lowest BCUT2D eigenvalue weighted by atomic mass is 10.4. The summed E-state index contributed by atoms with van der Waals surface area (Å²) in [4.78, 5) is 0. The smallest absolute Gasteiger partial charge is 0.0916 e. The van der Waals surface area contributed by atoms with E-state index in [0.29, 0.717) is 6.26 Å². The molecule has 0 radical (unpaired) electrons. The molecule has 0 fully saturated rings. The lowest BCUT2D eigenvalue weighted by molar-refractivity contribution is 0.470. The van der Waals surface area contributed by atoms with E-state index in [1.165, 1.54) is 68.8 Å². The Balaban J connectivity index is 0.000000979. The van der Waals surface area contributed by atoms with Crippen molar-refractivity contribution in [3.05, 3.63) is 182 Å². The van der Waals surface area contributed by atoms with Crippen LogP contribution in [-0.2, 0) is 10.1 Å². The molecule has 0 aliphatic carbocycles. The number of hydrogen-bond acceptors (Lipinski definition) is 3. The third-order valence-electron chi connectivity index (χ3n) is 9.00. The monoisotopic (exact) mass is 780 g/mol. The van der Waals surface area contributed by atoms with Crippen molar-refractivity contribution < 1.29 is 13.0 Å². The van der Waals surface area contributed by atoms with E-state index in [1.807, 2.05) is 0 Å². The van der Waals surface area contributed by atoms with E-state index >= 15 is 0 Å². The van der Waals surface area contributed by atoms with Crippen molar-refractivity contribution in [3.63, 3.8) is 0 Å². The highest BCUT2D eigenvalue weighted by Crippen LogP contribution is 2.60. The molecule has 0 N–H and O–H groups in total. The molecule has 0 spiro atoms. The van der Waals surface area contributed by atoms with E-state index in [0.717, 1.165) is 0 Å². The van der Waals surface area contributed by atoms with E-state index in [4.69, 9.17) is 13.0 Å². The fraction of sp³-hybridized carbons (Fsp3) is 0.182. The summed E-state index contributed by atoms with van der Waals surface area (Å²) in [7, 11) is -6.43. The fourth-order valence-electron chi connectivity index (χ4n) is 6.23. The van der Waals surface area contributed by atoms with Crippen LogP contribution in [0.2, 0.25) is 0 Å². The molecular formula is C44H48O3P4S. The fourth-order valence-corrected chi connectivity index (χ4v) is 20.7. The molecule has 268 valence electrons. The van der Waals surface area contributed by atoms with Gasteiger partial charge in [0.1, 0.15) is 0 Å². The second-order valence-electron chi connectivity index (χ2n) is 13.0. The maximum atomic E-state index is 9.08. The minimum Gasteiger partial charge on any atom is -0.748 e. The quantitative estimate of drug-likeness (QED) is 0.0781. The predicted molar refractivity (Wildman–Crippen MR) is 235 cm³/mol. The molecule has 0 bridgehead atoms. The highest BCUT2D eigenvalue weighted by atomic mass is 32.2. The summed E-state index contributed by atoms with van der Waals surface area (Å²) in [6, 6.07) is 68.0. The van der Waals surface area contributed by atoms with Crippen LogP contribution in [0.3, 0.4) is 0 Å². The lowest BCUT2D eigenvalue weighted by Gasteiger charge is -2.30. The van der Waals surface area contributed by atoms with Crippen molar-refractivity contribution in [2.24, 2.45) is 0 Å². The molecule has 0 heterocycles. The number of benzene rings is 6. The van der Waals surface area contributed by atoms with Gasteiger partial charge >= 0.3 is 0 Å². The average Bonchev–Trinajstić information content (AvgIpc) is 3.17. The minimum atomic E-state index is -3.92. The van der Waals surface area contributed by atoms with Gasteiger partial charge in [0.15, 0.2) is 0 Å². The van der Waals surface area contributed by atoms with E-state index in [9.17, 15) is 0 Å². The van der Waals surface area contributed by atoms with E-state index in [2.05, 4.69) is 189 Å². The first kappa shape index (κ1) is 40.1. The maximum absolute atomic E-state index is 9.08. The molecule has 0 amide bonds. The van der Waals surface area contributed by atoms with Gasteiger partial charge in [-0.2, -0.15) is 0 Å². The SMILES string of the molecule is CS(=O)(=O)[O-].C[P+](CCP(c1ccccc1)c1ccccc1)(CCP(c1ccccc1)c1ccccc1)CCP(c1ccccc1)c1ccccc1. The lowest BCUT2D eigenvalue weighted by Crippen LogP contribution is -2.23. The third-order valence-corrected chi connectivity index (χ3v) is 21.5. The summed E-state index contributed by atoms with van der Waals surface area (Å²) in [6.07, 6.45) is 8.39. The van der Waals surface area contributed by atoms with Crippen molar-refractivity contribution >= 4 is 73.0 Å². The van der Waals surface area contributed by atoms with Crippen molar-refractivity contribution in [3.8, 4) is 0 Å². The predicted octanol–water partition coefficient (Wildman–Crippen LogP) is 8.19. The Hall–Kier alpha value is -3.05. The minimum absolute atomic E-state index is 0.404. The van der Waals surface area contributed by atoms with Crippen LogP contribution in [0, 0.1) is 0 Å². The zero-order valence-electron chi connectivity index (χ0n) is 30.0. The number of hydrogen-bond donors (Lipinski definition) is 0. The Morgan fingerprint density at radius 2 is 0.558 bits per heavy atom. The van der Waals surface area contributed by atoms with Crippen LogP contribution in [0.15, 0.2) is 182 Å². The number of rotatable bonds is 15. The Labute approximate surface area is 316 Å². The second-order valence-corrected chi connectivity index (χ2v) is 26.0. The van der Waals surface area contributed by atoms with Crippen molar-refractivity contribution in [1.29, 1.82) is 0 Å². The molecule has 6 aromatic rings. The van der Waals surface area contributed by atoms with Crippen LogP contribution >= 0.6 is 31.0 Å². The van der Waals surface area contributed by atoms with Gasteiger partial charge in [0.25, 0.3) is 0 Å². The third kappa shape index (κ3) is 13.1. The Morgan fingerprint density at radius 1 is 0.404 bits per heavy atom.